The van der Waals surface area contributed by atoms with Crippen molar-refractivity contribution >= 4 is 19.6 Å². The first-order valence-corrected chi connectivity index (χ1v) is 12.3. The second-order valence-electron chi connectivity index (χ2n) is 9.15. The lowest BCUT2D eigenvalue weighted by molar-refractivity contribution is -0.136. The molecule has 1 N–H and O–H groups in total. The molecule has 3 aromatic rings. The zero-order valence-corrected chi connectivity index (χ0v) is 20.6. The molecular weight excluding hydrogens is 453 g/mol. The van der Waals surface area contributed by atoms with Gasteiger partial charge in [0.25, 0.3) is 7.41 Å². The van der Waals surface area contributed by atoms with Gasteiger partial charge in [0.15, 0.2) is 5.75 Å². The molecule has 1 radical (unpaired) electrons. The Balaban J connectivity index is 1.41. The lowest BCUT2D eigenvalue weighted by Crippen LogP contribution is -2.36. The zero-order chi connectivity index (χ0) is 25.3. The summed E-state index contributed by atoms with van der Waals surface area (Å²) in [5.41, 5.74) is 5.14. The van der Waals surface area contributed by atoms with Crippen molar-refractivity contribution in [3.63, 3.8) is 0 Å². The molecule has 7 nitrogen and oxygen atoms in total. The number of methoxy groups -OCH3 is 1. The largest absolute Gasteiger partial charge is 0.493 e. The van der Waals surface area contributed by atoms with Gasteiger partial charge in [-0.1, -0.05) is 48.5 Å². The predicted molar refractivity (Wildman–Crippen MR) is 139 cm³/mol. The van der Waals surface area contributed by atoms with Gasteiger partial charge in [-0.3, -0.25) is 4.79 Å². The van der Waals surface area contributed by atoms with E-state index in [4.69, 9.17) is 9.72 Å². The standard InChI is InChI=1S/C28H31BN3O4/c1-36-26-18-30-27(31-25(26)11-10-21-4-2-3-5-24(21)17-28(34)35)16-20-6-8-22(9-7-20)23-12-14-32(15-13-23)29-19-33/h2-9,18-19,23H,10-17H2,1H3,(H,34,35). The average Bonchev–Trinajstić information content (AvgIpc) is 2.89. The SMILES string of the molecule is COc1cnc(Cc2ccc(C3CCN([B]C=O)CC3)cc2)nc1CCc1ccccc1CC(=O)O. The number of carbonyl (C=O) groups excluding carboxylic acids is 1. The topological polar surface area (TPSA) is 92.6 Å². The maximum absolute atomic E-state index is 11.2. The molecule has 1 aliphatic rings. The summed E-state index contributed by atoms with van der Waals surface area (Å²) < 4.78 is 5.50. The molecule has 1 aliphatic heterocycles. The molecule has 1 saturated heterocycles. The van der Waals surface area contributed by atoms with E-state index in [-0.39, 0.29) is 6.42 Å². The lowest BCUT2D eigenvalue weighted by atomic mass is 9.84. The first kappa shape index (κ1) is 25.6. The Morgan fingerprint density at radius 1 is 1.11 bits per heavy atom. The number of carboxylic acid groups (broad SMARTS) is 1. The average molecular weight is 484 g/mol. The zero-order valence-electron chi connectivity index (χ0n) is 20.6. The fourth-order valence-corrected chi connectivity index (χ4v) is 4.83. The maximum Gasteiger partial charge on any atom is 0.307 e. The number of ether oxygens (including phenoxy) is 1. The molecular formula is C28H31BN3O4. The van der Waals surface area contributed by atoms with Crippen molar-refractivity contribution < 1.29 is 19.4 Å². The van der Waals surface area contributed by atoms with Crippen LogP contribution in [0.15, 0.2) is 54.7 Å². The van der Waals surface area contributed by atoms with Crippen LogP contribution in [0.25, 0.3) is 0 Å². The Hall–Kier alpha value is -3.52. The first-order valence-electron chi connectivity index (χ1n) is 12.3. The Bertz CT molecular complexity index is 1180. The molecule has 4 rings (SSSR count). The van der Waals surface area contributed by atoms with Crippen LogP contribution in [0.2, 0.25) is 0 Å². The lowest BCUT2D eigenvalue weighted by Gasteiger charge is -2.30. The van der Waals surface area contributed by atoms with Crippen LogP contribution in [0, 0.1) is 0 Å². The monoisotopic (exact) mass is 484 g/mol. The summed E-state index contributed by atoms with van der Waals surface area (Å²) in [4.78, 5) is 33.3. The van der Waals surface area contributed by atoms with E-state index in [0.717, 1.165) is 60.3 Å². The van der Waals surface area contributed by atoms with Crippen LogP contribution < -0.4 is 4.74 Å². The van der Waals surface area contributed by atoms with E-state index in [2.05, 4.69) is 34.1 Å². The molecule has 0 saturated carbocycles. The number of hydrogen-bond acceptors (Lipinski definition) is 6. The number of aryl methyl sites for hydroxylation is 2. The molecule has 0 bridgehead atoms. The first-order chi connectivity index (χ1) is 17.6. The fraction of sp³-hybridized carbons (Fsp3) is 0.357. The van der Waals surface area contributed by atoms with E-state index in [9.17, 15) is 14.7 Å². The van der Waals surface area contributed by atoms with Gasteiger partial charge in [0.05, 0.1) is 31.6 Å². The molecule has 1 aromatic heterocycles. The summed E-state index contributed by atoms with van der Waals surface area (Å²) in [7, 11) is 3.25. The second-order valence-corrected chi connectivity index (χ2v) is 9.15. The molecule has 0 amide bonds. The Morgan fingerprint density at radius 2 is 1.83 bits per heavy atom. The quantitative estimate of drug-likeness (QED) is 0.329. The van der Waals surface area contributed by atoms with Crippen molar-refractivity contribution in [1.82, 2.24) is 14.8 Å². The summed E-state index contributed by atoms with van der Waals surface area (Å²) in [5.74, 6) is 1.05. The third kappa shape index (κ3) is 6.79. The van der Waals surface area contributed by atoms with Crippen LogP contribution in [0.5, 0.6) is 5.75 Å². The predicted octanol–water partition coefficient (Wildman–Crippen LogP) is 3.48. The molecule has 8 heteroatoms. The molecule has 0 aliphatic carbocycles. The minimum absolute atomic E-state index is 0.00856. The van der Waals surface area contributed by atoms with Crippen molar-refractivity contribution in [2.75, 3.05) is 20.2 Å². The highest BCUT2D eigenvalue weighted by Gasteiger charge is 2.20. The summed E-state index contributed by atoms with van der Waals surface area (Å²) in [6.45, 7) is 1.82. The van der Waals surface area contributed by atoms with Crippen LogP contribution in [-0.4, -0.2) is 59.7 Å². The molecule has 0 spiro atoms. The number of carbonyl (C=O) groups is 2. The van der Waals surface area contributed by atoms with E-state index in [0.29, 0.717) is 30.9 Å². The molecule has 0 unspecified atom stereocenters. The van der Waals surface area contributed by atoms with Gasteiger partial charge in [-0.15, -0.1) is 0 Å². The number of aliphatic carboxylic acids is 1. The van der Waals surface area contributed by atoms with Crippen molar-refractivity contribution in [1.29, 1.82) is 0 Å². The number of aromatic nitrogens is 2. The highest BCUT2D eigenvalue weighted by atomic mass is 16.5. The van der Waals surface area contributed by atoms with E-state index in [1.807, 2.05) is 24.3 Å². The normalized spacial score (nSPS) is 14.4. The van der Waals surface area contributed by atoms with Crippen molar-refractivity contribution in [3.8, 4) is 5.75 Å². The van der Waals surface area contributed by atoms with E-state index in [1.54, 1.807) is 20.7 Å². The minimum atomic E-state index is -0.836. The second kappa shape index (κ2) is 12.4. The number of hydrogen-bond donors (Lipinski definition) is 1. The van der Waals surface area contributed by atoms with Gasteiger partial charge >= 0.3 is 5.97 Å². The van der Waals surface area contributed by atoms with Crippen LogP contribution in [0.3, 0.4) is 0 Å². The molecule has 1 fully saturated rings. The summed E-state index contributed by atoms with van der Waals surface area (Å²) in [6.07, 6.45) is 6.62. The van der Waals surface area contributed by atoms with Crippen LogP contribution >= 0.6 is 0 Å². The van der Waals surface area contributed by atoms with Gasteiger partial charge in [0.2, 0.25) is 0 Å². The summed E-state index contributed by atoms with van der Waals surface area (Å²) in [6, 6.07) is 16.3. The highest BCUT2D eigenvalue weighted by Crippen LogP contribution is 2.28. The van der Waals surface area contributed by atoms with Crippen LogP contribution in [0.4, 0.5) is 0 Å². The fourth-order valence-electron chi connectivity index (χ4n) is 4.83. The van der Waals surface area contributed by atoms with Gasteiger partial charge in [-0.05, 0) is 66.9 Å². The van der Waals surface area contributed by atoms with Crippen LogP contribution in [0.1, 0.15) is 52.5 Å². The van der Waals surface area contributed by atoms with Crippen LogP contribution in [-0.2, 0) is 35.3 Å². The molecule has 2 aromatic carbocycles. The van der Waals surface area contributed by atoms with Gasteiger partial charge in [-0.25, -0.2) is 9.97 Å². The summed E-state index contributed by atoms with van der Waals surface area (Å²) >= 11 is 0. The summed E-state index contributed by atoms with van der Waals surface area (Å²) in [5, 5.41) is 9.20. The Kier molecular flexibility index (Phi) is 8.84. The Morgan fingerprint density at radius 3 is 2.50 bits per heavy atom. The third-order valence-corrected chi connectivity index (χ3v) is 6.80. The molecule has 0 atom stereocenters. The van der Waals surface area contributed by atoms with E-state index < -0.39 is 5.97 Å². The number of nitrogens with zero attached hydrogens (tertiary/aromatic N) is 3. The highest BCUT2D eigenvalue weighted by molar-refractivity contribution is 6.64. The minimum Gasteiger partial charge on any atom is -0.493 e. The third-order valence-electron chi connectivity index (χ3n) is 6.80. The molecule has 185 valence electrons. The van der Waals surface area contributed by atoms with E-state index >= 15 is 0 Å². The van der Waals surface area contributed by atoms with Gasteiger partial charge < -0.3 is 19.4 Å². The number of benzene rings is 2. The maximum atomic E-state index is 11.2. The van der Waals surface area contributed by atoms with E-state index in [1.165, 1.54) is 5.56 Å². The van der Waals surface area contributed by atoms with Gasteiger partial charge in [-0.2, -0.15) is 0 Å². The number of carboxylic acids is 1. The van der Waals surface area contributed by atoms with Gasteiger partial charge in [0.1, 0.15) is 5.82 Å². The number of rotatable bonds is 11. The molecule has 2 heterocycles. The van der Waals surface area contributed by atoms with Crippen molar-refractivity contribution in [2.24, 2.45) is 0 Å². The van der Waals surface area contributed by atoms with Crippen molar-refractivity contribution in [3.05, 3.63) is 88.5 Å². The van der Waals surface area contributed by atoms with Crippen molar-refractivity contribution in [2.45, 2.75) is 44.4 Å². The molecule has 36 heavy (non-hydrogen) atoms. The Labute approximate surface area is 212 Å². The number of piperidine rings is 1. The smallest absolute Gasteiger partial charge is 0.307 e. The van der Waals surface area contributed by atoms with Gasteiger partial charge in [0, 0.05) is 6.42 Å².